The molecule has 3 amide bonds. The molecule has 38 heavy (non-hydrogen) atoms. The number of benzene rings is 2. The maximum atomic E-state index is 12.2. The lowest BCUT2D eigenvalue weighted by Crippen LogP contribution is -2.19. The van der Waals surface area contributed by atoms with E-state index in [0.717, 1.165) is 16.8 Å². The Morgan fingerprint density at radius 1 is 0.789 bits per heavy atom. The van der Waals surface area contributed by atoms with Crippen molar-refractivity contribution in [3.05, 3.63) is 84.8 Å². The van der Waals surface area contributed by atoms with Crippen molar-refractivity contribution < 1.29 is 9.59 Å². The van der Waals surface area contributed by atoms with Gasteiger partial charge in [0.25, 0.3) is 5.91 Å². The third kappa shape index (κ3) is 5.49. The zero-order valence-corrected chi connectivity index (χ0v) is 20.6. The number of rotatable bonds is 7. The number of urea groups is 1. The summed E-state index contributed by atoms with van der Waals surface area (Å²) in [5, 5.41) is 19.6. The highest BCUT2D eigenvalue weighted by Gasteiger charge is 2.13. The van der Waals surface area contributed by atoms with Gasteiger partial charge in [-0.3, -0.25) is 14.5 Å². The first kappa shape index (κ1) is 24.2. The number of aryl methyl sites for hydroxylation is 1. The maximum absolute atomic E-state index is 12.2. The molecule has 2 aromatic carbocycles. The van der Waals surface area contributed by atoms with E-state index in [1.807, 2.05) is 0 Å². The molecule has 3 heterocycles. The largest absolute Gasteiger partial charge is 0.355 e. The molecule has 0 spiro atoms. The minimum atomic E-state index is -0.372. The van der Waals surface area contributed by atoms with Crippen molar-refractivity contribution in [2.24, 2.45) is 7.05 Å². The van der Waals surface area contributed by atoms with Gasteiger partial charge >= 0.3 is 6.03 Å². The topological polar surface area (TPSA) is 151 Å². The molecule has 0 aliphatic heterocycles. The Bertz CT molecular complexity index is 1580. The van der Waals surface area contributed by atoms with Gasteiger partial charge in [0.1, 0.15) is 5.82 Å². The molecule has 0 aliphatic carbocycles. The van der Waals surface area contributed by atoms with Crippen LogP contribution in [0.2, 0.25) is 0 Å². The first-order valence-electron chi connectivity index (χ1n) is 11.6. The predicted molar refractivity (Wildman–Crippen MR) is 146 cm³/mol. The lowest BCUT2D eigenvalue weighted by Gasteiger charge is -2.12. The Labute approximate surface area is 217 Å². The fourth-order valence-electron chi connectivity index (χ4n) is 3.66. The van der Waals surface area contributed by atoms with E-state index in [1.165, 1.54) is 0 Å². The van der Waals surface area contributed by atoms with Crippen LogP contribution in [-0.4, -0.2) is 43.7 Å². The molecule has 0 radical (unpaired) electrons. The third-order valence-corrected chi connectivity index (χ3v) is 5.55. The molecule has 0 aliphatic rings. The van der Waals surface area contributed by atoms with E-state index in [2.05, 4.69) is 46.6 Å². The van der Waals surface area contributed by atoms with Crippen LogP contribution in [0.1, 0.15) is 10.4 Å². The molecule has 5 rings (SSSR count). The van der Waals surface area contributed by atoms with Crippen LogP contribution in [0.25, 0.3) is 11.0 Å². The van der Waals surface area contributed by atoms with Crippen LogP contribution in [0, 0.1) is 0 Å². The molecule has 0 unspecified atom stereocenters. The first-order chi connectivity index (χ1) is 18.5. The Hall–Kier alpha value is -5.52. The summed E-state index contributed by atoms with van der Waals surface area (Å²) in [7, 11) is 3.39. The van der Waals surface area contributed by atoms with E-state index in [-0.39, 0.29) is 11.9 Å². The van der Waals surface area contributed by atoms with Crippen LogP contribution in [-0.2, 0) is 7.05 Å². The minimum absolute atomic E-state index is 0.157. The van der Waals surface area contributed by atoms with Gasteiger partial charge in [-0.15, -0.1) is 0 Å². The second kappa shape index (κ2) is 10.6. The molecule has 0 atom stereocenters. The Kier molecular flexibility index (Phi) is 6.76. The van der Waals surface area contributed by atoms with Crippen LogP contribution in [0.5, 0.6) is 0 Å². The normalized spacial score (nSPS) is 10.6. The number of hydrogen-bond donors (Lipinski definition) is 5. The molecule has 0 saturated carbocycles. The van der Waals surface area contributed by atoms with Gasteiger partial charge in [0.05, 0.1) is 23.5 Å². The molecular formula is C26H24N10O2. The van der Waals surface area contributed by atoms with Crippen LogP contribution in [0.3, 0.4) is 0 Å². The zero-order chi connectivity index (χ0) is 26.5. The Balaban J connectivity index is 1.31. The predicted octanol–water partition coefficient (Wildman–Crippen LogP) is 4.25. The van der Waals surface area contributed by atoms with Gasteiger partial charge in [-0.2, -0.15) is 15.1 Å². The summed E-state index contributed by atoms with van der Waals surface area (Å²) in [4.78, 5) is 37.3. The van der Waals surface area contributed by atoms with Gasteiger partial charge in [0.15, 0.2) is 5.65 Å². The standard InChI is InChI=1S/C26H24N10O2/c1-27-24(37)16-5-7-17(8-6-16)30-22-21-15-29-36(2)23(21)35-25(34-22)31-18-9-11-19(12-10-18)32-26(38)33-20-4-3-13-28-14-20/h3-15H,1-2H3,(H,27,37)(H2,32,33,38)(H2,30,31,34,35). The number of anilines is 6. The van der Waals surface area contributed by atoms with Crippen molar-refractivity contribution in [2.75, 3.05) is 28.3 Å². The van der Waals surface area contributed by atoms with Gasteiger partial charge in [-0.05, 0) is 60.7 Å². The second-order valence-corrected chi connectivity index (χ2v) is 8.21. The van der Waals surface area contributed by atoms with Gasteiger partial charge in [-0.1, -0.05) is 0 Å². The van der Waals surface area contributed by atoms with Crippen LogP contribution in [0.4, 0.5) is 39.3 Å². The molecule has 12 nitrogen and oxygen atoms in total. The molecule has 5 N–H and O–H groups in total. The molecular weight excluding hydrogens is 484 g/mol. The molecule has 190 valence electrons. The van der Waals surface area contributed by atoms with E-state index in [9.17, 15) is 9.59 Å². The summed E-state index contributed by atoms with van der Waals surface area (Å²) >= 11 is 0. The second-order valence-electron chi connectivity index (χ2n) is 8.21. The SMILES string of the molecule is CNC(=O)c1ccc(Nc2nc(Nc3ccc(NC(=O)Nc4cccnc4)cc3)nc3c2cnn3C)cc1. The van der Waals surface area contributed by atoms with Crippen molar-refractivity contribution in [3.8, 4) is 0 Å². The summed E-state index contributed by atoms with van der Waals surface area (Å²) in [6.07, 6.45) is 4.89. The van der Waals surface area contributed by atoms with Crippen LogP contribution >= 0.6 is 0 Å². The van der Waals surface area contributed by atoms with Gasteiger partial charge in [0, 0.05) is 42.9 Å². The number of hydrogen-bond acceptors (Lipinski definition) is 8. The lowest BCUT2D eigenvalue weighted by molar-refractivity contribution is 0.0963. The molecule has 12 heteroatoms. The number of aromatic nitrogens is 5. The number of nitrogens with one attached hydrogen (secondary N) is 5. The third-order valence-electron chi connectivity index (χ3n) is 5.55. The van der Waals surface area contributed by atoms with Crippen molar-refractivity contribution in [3.63, 3.8) is 0 Å². The average Bonchev–Trinajstić information content (AvgIpc) is 3.31. The number of amides is 3. The number of carbonyl (C=O) groups excluding carboxylic acids is 2. The molecule has 3 aromatic heterocycles. The monoisotopic (exact) mass is 508 g/mol. The van der Waals surface area contributed by atoms with Crippen LogP contribution < -0.4 is 26.6 Å². The van der Waals surface area contributed by atoms with Gasteiger partial charge in [0.2, 0.25) is 5.95 Å². The van der Waals surface area contributed by atoms with Gasteiger partial charge < -0.3 is 26.6 Å². The highest BCUT2D eigenvalue weighted by Crippen LogP contribution is 2.26. The molecule has 5 aromatic rings. The number of fused-ring (bicyclic) bond motifs is 1. The fraction of sp³-hybridized carbons (Fsp3) is 0.0769. The maximum Gasteiger partial charge on any atom is 0.323 e. The molecule has 0 bridgehead atoms. The summed E-state index contributed by atoms with van der Waals surface area (Å²) in [5.74, 6) is 0.763. The number of pyridine rings is 1. The van der Waals surface area contributed by atoms with Crippen molar-refractivity contribution in [1.29, 1.82) is 0 Å². The fourth-order valence-corrected chi connectivity index (χ4v) is 3.66. The quantitative estimate of drug-likeness (QED) is 0.219. The summed E-state index contributed by atoms with van der Waals surface area (Å²) in [5.41, 5.74) is 3.89. The summed E-state index contributed by atoms with van der Waals surface area (Å²) in [6.45, 7) is 0. The first-order valence-corrected chi connectivity index (χ1v) is 11.6. The Morgan fingerprint density at radius 2 is 1.47 bits per heavy atom. The average molecular weight is 509 g/mol. The lowest BCUT2D eigenvalue weighted by atomic mass is 10.2. The zero-order valence-electron chi connectivity index (χ0n) is 20.6. The van der Waals surface area contributed by atoms with E-state index in [4.69, 9.17) is 0 Å². The van der Waals surface area contributed by atoms with E-state index in [0.29, 0.717) is 34.4 Å². The molecule has 0 saturated heterocycles. The molecule has 0 fully saturated rings. The van der Waals surface area contributed by atoms with Crippen molar-refractivity contribution in [2.45, 2.75) is 0 Å². The Morgan fingerprint density at radius 3 is 2.18 bits per heavy atom. The highest BCUT2D eigenvalue weighted by atomic mass is 16.2. The minimum Gasteiger partial charge on any atom is -0.355 e. The van der Waals surface area contributed by atoms with E-state index < -0.39 is 0 Å². The summed E-state index contributed by atoms with van der Waals surface area (Å²) in [6, 6.07) is 17.3. The van der Waals surface area contributed by atoms with E-state index >= 15 is 0 Å². The van der Waals surface area contributed by atoms with Gasteiger partial charge in [-0.25, -0.2) is 4.79 Å². The highest BCUT2D eigenvalue weighted by molar-refractivity contribution is 5.99. The van der Waals surface area contributed by atoms with E-state index in [1.54, 1.807) is 98.0 Å². The smallest absolute Gasteiger partial charge is 0.323 e. The van der Waals surface area contributed by atoms with Crippen molar-refractivity contribution in [1.82, 2.24) is 30.0 Å². The van der Waals surface area contributed by atoms with Crippen molar-refractivity contribution >= 4 is 57.5 Å². The summed E-state index contributed by atoms with van der Waals surface area (Å²) < 4.78 is 1.66. The number of carbonyl (C=O) groups is 2. The number of nitrogens with zero attached hydrogens (tertiary/aromatic N) is 5. The van der Waals surface area contributed by atoms with Crippen LogP contribution in [0.15, 0.2) is 79.3 Å².